The summed E-state index contributed by atoms with van der Waals surface area (Å²) in [4.78, 5) is 24.0. The summed E-state index contributed by atoms with van der Waals surface area (Å²) >= 11 is 0. The molecule has 0 aromatic heterocycles. The number of rotatable bonds is 4. The predicted octanol–water partition coefficient (Wildman–Crippen LogP) is -2.39. The Bertz CT molecular complexity index is 238. The quantitative estimate of drug-likeness (QED) is 0.300. The van der Waals surface area contributed by atoms with E-state index in [2.05, 4.69) is 0 Å². The second kappa shape index (κ2) is 4.14. The summed E-state index contributed by atoms with van der Waals surface area (Å²) in [5, 5.41) is 10.1. The lowest BCUT2D eigenvalue weighted by molar-refractivity contribution is -0.159. The molecule has 0 unspecified atom stereocenters. The molecule has 14 heavy (non-hydrogen) atoms. The molecule has 0 bridgehead atoms. The summed E-state index contributed by atoms with van der Waals surface area (Å²) in [5.74, 6) is 4.52. The van der Waals surface area contributed by atoms with E-state index in [1.165, 1.54) is 5.01 Å². The van der Waals surface area contributed by atoms with Crippen molar-refractivity contribution in [2.24, 2.45) is 5.84 Å². The zero-order valence-corrected chi connectivity index (χ0v) is 8.30. The number of aliphatic hydroxyl groups excluding tert-OH is 1. The molecule has 0 spiro atoms. The van der Waals surface area contributed by atoms with Gasteiger partial charge in [-0.25, -0.2) is 5.01 Å². The first-order chi connectivity index (χ1) is 6.45. The van der Waals surface area contributed by atoms with Crippen LogP contribution in [-0.4, -0.2) is 65.9 Å². The number of hydrogen-bond acceptors (Lipinski definition) is 6. The van der Waals surface area contributed by atoms with Gasteiger partial charge in [0.15, 0.2) is 17.7 Å². The Morgan fingerprint density at radius 1 is 1.29 bits per heavy atom. The summed E-state index contributed by atoms with van der Waals surface area (Å²) in [6, 6.07) is -0.940. The van der Waals surface area contributed by atoms with Crippen molar-refractivity contribution in [1.29, 1.82) is 0 Å². The SMILES string of the molecule is CN(C)CCN(N)C1C(=O)C(O)C1=O. The Morgan fingerprint density at radius 2 is 1.79 bits per heavy atom. The summed E-state index contributed by atoms with van der Waals surface area (Å²) in [6.45, 7) is 1.07. The summed E-state index contributed by atoms with van der Waals surface area (Å²) in [7, 11) is 3.74. The molecule has 0 radical (unpaired) electrons. The van der Waals surface area contributed by atoms with Gasteiger partial charge >= 0.3 is 0 Å². The van der Waals surface area contributed by atoms with Gasteiger partial charge < -0.3 is 10.0 Å². The molecule has 0 atom stereocenters. The fourth-order valence-corrected chi connectivity index (χ4v) is 1.25. The van der Waals surface area contributed by atoms with Crippen molar-refractivity contribution in [3.63, 3.8) is 0 Å². The van der Waals surface area contributed by atoms with Crippen LogP contribution in [0.4, 0.5) is 0 Å². The first-order valence-electron chi connectivity index (χ1n) is 4.36. The Labute approximate surface area is 82.2 Å². The molecule has 0 heterocycles. The van der Waals surface area contributed by atoms with Gasteiger partial charge in [0.05, 0.1) is 0 Å². The van der Waals surface area contributed by atoms with Gasteiger partial charge in [-0.05, 0) is 14.1 Å². The number of nitrogens with two attached hydrogens (primary N) is 1. The first kappa shape index (κ1) is 11.3. The normalized spacial score (nSPS) is 27.3. The maximum atomic E-state index is 11.1. The largest absolute Gasteiger partial charge is 0.377 e. The molecule has 1 fully saturated rings. The number of hydrazine groups is 1. The Kier molecular flexibility index (Phi) is 3.33. The van der Waals surface area contributed by atoms with Crippen LogP contribution in [0, 0.1) is 0 Å². The monoisotopic (exact) mass is 201 g/mol. The van der Waals surface area contributed by atoms with Gasteiger partial charge in [0.2, 0.25) is 0 Å². The number of nitrogens with zero attached hydrogens (tertiary/aromatic N) is 2. The zero-order chi connectivity index (χ0) is 10.9. The standard InChI is InChI=1S/C8H15N3O3/c1-10(2)3-4-11(9)5-6(12)8(14)7(5)13/h5,8,14H,3-4,9H2,1-2H3. The maximum Gasteiger partial charge on any atom is 0.195 e. The number of likely N-dealkylation sites (N-methyl/N-ethyl adjacent to an activating group) is 1. The van der Waals surface area contributed by atoms with E-state index in [0.29, 0.717) is 13.1 Å². The van der Waals surface area contributed by atoms with E-state index in [4.69, 9.17) is 10.9 Å². The van der Waals surface area contributed by atoms with Crippen molar-refractivity contribution < 1.29 is 14.7 Å². The molecule has 0 amide bonds. The van der Waals surface area contributed by atoms with Crippen LogP contribution in [-0.2, 0) is 9.59 Å². The molecule has 1 saturated carbocycles. The van der Waals surface area contributed by atoms with Gasteiger partial charge in [0.25, 0.3) is 0 Å². The summed E-state index contributed by atoms with van der Waals surface area (Å²) < 4.78 is 0. The van der Waals surface area contributed by atoms with Gasteiger partial charge in [0.1, 0.15) is 6.04 Å². The molecule has 0 aromatic carbocycles. The van der Waals surface area contributed by atoms with E-state index in [1.54, 1.807) is 0 Å². The Hall–Kier alpha value is -0.820. The Balaban J connectivity index is 2.42. The average molecular weight is 201 g/mol. The lowest BCUT2D eigenvalue weighted by atomic mass is 9.85. The fourth-order valence-electron chi connectivity index (χ4n) is 1.25. The van der Waals surface area contributed by atoms with Crippen molar-refractivity contribution in [1.82, 2.24) is 9.91 Å². The molecule has 1 rings (SSSR count). The smallest absolute Gasteiger partial charge is 0.195 e. The molecule has 0 saturated heterocycles. The van der Waals surface area contributed by atoms with E-state index in [-0.39, 0.29) is 0 Å². The van der Waals surface area contributed by atoms with Gasteiger partial charge in [-0.1, -0.05) is 0 Å². The van der Waals surface area contributed by atoms with Gasteiger partial charge in [-0.2, -0.15) is 0 Å². The van der Waals surface area contributed by atoms with E-state index in [9.17, 15) is 9.59 Å². The van der Waals surface area contributed by atoms with E-state index in [0.717, 1.165) is 0 Å². The van der Waals surface area contributed by atoms with Crippen molar-refractivity contribution >= 4 is 11.6 Å². The molecule has 6 nitrogen and oxygen atoms in total. The van der Waals surface area contributed by atoms with E-state index >= 15 is 0 Å². The van der Waals surface area contributed by atoms with E-state index < -0.39 is 23.7 Å². The fraction of sp³-hybridized carbons (Fsp3) is 0.750. The molecule has 0 aliphatic heterocycles. The summed E-state index contributed by atoms with van der Waals surface area (Å²) in [6.07, 6.45) is -1.45. The van der Waals surface area contributed by atoms with Crippen LogP contribution in [0.1, 0.15) is 0 Å². The summed E-state index contributed by atoms with van der Waals surface area (Å²) in [5.41, 5.74) is 0. The highest BCUT2D eigenvalue weighted by atomic mass is 16.3. The van der Waals surface area contributed by atoms with Gasteiger partial charge in [0, 0.05) is 13.1 Å². The second-order valence-electron chi connectivity index (χ2n) is 3.65. The number of hydrogen-bond donors (Lipinski definition) is 2. The van der Waals surface area contributed by atoms with Gasteiger partial charge in [-0.3, -0.25) is 15.4 Å². The number of carbonyl (C=O) groups is 2. The number of aliphatic hydroxyl groups is 1. The van der Waals surface area contributed by atoms with Crippen molar-refractivity contribution in [3.8, 4) is 0 Å². The third-order valence-corrected chi connectivity index (χ3v) is 2.22. The molecule has 1 aliphatic carbocycles. The van der Waals surface area contributed by atoms with Crippen LogP contribution in [0.3, 0.4) is 0 Å². The minimum atomic E-state index is -1.45. The molecule has 80 valence electrons. The number of Topliss-reactive ketones (excluding diaryl/α,β-unsaturated/α-hetero) is 2. The highest BCUT2D eigenvalue weighted by molar-refractivity contribution is 6.29. The molecule has 0 aromatic rings. The third kappa shape index (κ3) is 1.98. The van der Waals surface area contributed by atoms with E-state index in [1.807, 2.05) is 19.0 Å². The van der Waals surface area contributed by atoms with Gasteiger partial charge in [-0.15, -0.1) is 0 Å². The average Bonchev–Trinajstić information content (AvgIpc) is 2.14. The van der Waals surface area contributed by atoms with Crippen LogP contribution in [0.5, 0.6) is 0 Å². The molecular formula is C8H15N3O3. The Morgan fingerprint density at radius 3 is 2.21 bits per heavy atom. The molecule has 3 N–H and O–H groups in total. The van der Waals surface area contributed by atoms with Crippen LogP contribution >= 0.6 is 0 Å². The second-order valence-corrected chi connectivity index (χ2v) is 3.65. The molecule has 6 heteroatoms. The topological polar surface area (TPSA) is 86.9 Å². The van der Waals surface area contributed by atoms with Crippen LogP contribution in [0.15, 0.2) is 0 Å². The van der Waals surface area contributed by atoms with Crippen LogP contribution < -0.4 is 5.84 Å². The maximum absolute atomic E-state index is 11.1. The minimum Gasteiger partial charge on any atom is -0.377 e. The minimum absolute atomic E-state index is 0.419. The van der Waals surface area contributed by atoms with Crippen molar-refractivity contribution in [2.75, 3.05) is 27.2 Å². The zero-order valence-electron chi connectivity index (χ0n) is 8.30. The van der Waals surface area contributed by atoms with Crippen molar-refractivity contribution in [2.45, 2.75) is 12.1 Å². The highest BCUT2D eigenvalue weighted by Gasteiger charge is 2.50. The third-order valence-electron chi connectivity index (χ3n) is 2.22. The number of carbonyl (C=O) groups excluding carboxylic acids is 2. The first-order valence-corrected chi connectivity index (χ1v) is 4.36. The van der Waals surface area contributed by atoms with Crippen LogP contribution in [0.2, 0.25) is 0 Å². The molecule has 1 aliphatic rings. The van der Waals surface area contributed by atoms with Crippen LogP contribution in [0.25, 0.3) is 0 Å². The molecular weight excluding hydrogens is 186 g/mol. The lowest BCUT2D eigenvalue weighted by Gasteiger charge is -2.34. The van der Waals surface area contributed by atoms with Crippen molar-refractivity contribution in [3.05, 3.63) is 0 Å². The number of ketones is 2. The lowest BCUT2D eigenvalue weighted by Crippen LogP contribution is -2.67. The highest BCUT2D eigenvalue weighted by Crippen LogP contribution is 2.15. The predicted molar refractivity (Wildman–Crippen MR) is 49.3 cm³/mol.